The summed E-state index contributed by atoms with van der Waals surface area (Å²) in [5.41, 5.74) is 0. The van der Waals surface area contributed by atoms with Gasteiger partial charge in [-0.3, -0.25) is 4.90 Å². The highest BCUT2D eigenvalue weighted by Gasteiger charge is 2.32. The third-order valence-electron chi connectivity index (χ3n) is 3.90. The van der Waals surface area contributed by atoms with E-state index in [9.17, 15) is 0 Å². The third kappa shape index (κ3) is 2.98. The molecule has 1 aromatic rings. The van der Waals surface area contributed by atoms with Gasteiger partial charge in [-0.1, -0.05) is 6.92 Å². The molecular formula is C14H23BrN2S. The van der Waals surface area contributed by atoms with E-state index >= 15 is 0 Å². The lowest BCUT2D eigenvalue weighted by atomic mass is 9.88. The van der Waals surface area contributed by atoms with E-state index in [0.29, 0.717) is 6.04 Å². The minimum absolute atomic E-state index is 0.603. The molecule has 1 aliphatic heterocycles. The predicted octanol–water partition coefficient (Wildman–Crippen LogP) is 3.81. The highest BCUT2D eigenvalue weighted by atomic mass is 79.9. The number of likely N-dealkylation sites (tertiary alicyclic amines) is 1. The highest BCUT2D eigenvalue weighted by Crippen LogP contribution is 2.40. The van der Waals surface area contributed by atoms with Crippen LogP contribution in [0.1, 0.15) is 35.6 Å². The van der Waals surface area contributed by atoms with Crippen molar-refractivity contribution >= 4 is 27.3 Å². The van der Waals surface area contributed by atoms with Crippen LogP contribution < -0.4 is 5.32 Å². The Morgan fingerprint density at radius 3 is 2.89 bits per heavy atom. The molecule has 102 valence electrons. The minimum Gasteiger partial charge on any atom is -0.319 e. The zero-order valence-corrected chi connectivity index (χ0v) is 13.9. The Bertz CT molecular complexity index is 370. The van der Waals surface area contributed by atoms with Gasteiger partial charge in [0, 0.05) is 20.3 Å². The number of aryl methyl sites for hydroxylation is 1. The van der Waals surface area contributed by atoms with Gasteiger partial charge < -0.3 is 5.32 Å². The molecule has 0 amide bonds. The van der Waals surface area contributed by atoms with Gasteiger partial charge in [-0.05, 0) is 74.4 Å². The Balaban J connectivity index is 2.27. The van der Waals surface area contributed by atoms with Gasteiger partial charge in [-0.2, -0.15) is 0 Å². The normalized spacial score (nSPS) is 25.6. The lowest BCUT2D eigenvalue weighted by molar-refractivity contribution is 0.101. The molecule has 2 heterocycles. The first-order valence-corrected chi connectivity index (χ1v) is 8.42. The summed E-state index contributed by atoms with van der Waals surface area (Å²) in [6.45, 7) is 8.00. The van der Waals surface area contributed by atoms with Gasteiger partial charge >= 0.3 is 0 Å². The second kappa shape index (κ2) is 6.51. The molecule has 0 radical (unpaired) electrons. The Morgan fingerprint density at radius 1 is 1.56 bits per heavy atom. The average Bonchev–Trinajstić information content (AvgIpc) is 2.69. The molecule has 0 saturated carbocycles. The first kappa shape index (κ1) is 14.5. The summed E-state index contributed by atoms with van der Waals surface area (Å²) < 4.78 is 1.27. The van der Waals surface area contributed by atoms with Crippen molar-refractivity contribution in [3.63, 3.8) is 0 Å². The Hall–Kier alpha value is 0.1000. The SMILES string of the molecule is CCN1CCCC(CNC)C1c1cc(Br)c(C)s1. The van der Waals surface area contributed by atoms with Gasteiger partial charge in [-0.25, -0.2) is 0 Å². The van der Waals surface area contributed by atoms with Crippen molar-refractivity contribution < 1.29 is 0 Å². The predicted molar refractivity (Wildman–Crippen MR) is 83.4 cm³/mol. The van der Waals surface area contributed by atoms with Crippen LogP contribution in [-0.2, 0) is 0 Å². The lowest BCUT2D eigenvalue weighted by Gasteiger charge is -2.40. The van der Waals surface area contributed by atoms with Crippen LogP contribution >= 0.6 is 27.3 Å². The summed E-state index contributed by atoms with van der Waals surface area (Å²) >= 11 is 5.61. The standard InChI is InChI=1S/C14H23BrN2S/c1-4-17-7-5-6-11(9-16-3)14(17)13-8-12(15)10(2)18-13/h8,11,14,16H,4-7,9H2,1-3H3. The molecule has 2 nitrogen and oxygen atoms in total. The summed E-state index contributed by atoms with van der Waals surface area (Å²) in [7, 11) is 2.07. The number of thiophene rings is 1. The van der Waals surface area contributed by atoms with Gasteiger partial charge in [-0.15, -0.1) is 11.3 Å². The van der Waals surface area contributed by atoms with E-state index < -0.39 is 0 Å². The van der Waals surface area contributed by atoms with Gasteiger partial charge in [0.15, 0.2) is 0 Å². The molecule has 1 saturated heterocycles. The molecule has 0 aliphatic carbocycles. The first-order valence-electron chi connectivity index (χ1n) is 6.81. The smallest absolute Gasteiger partial charge is 0.0482 e. The highest BCUT2D eigenvalue weighted by molar-refractivity contribution is 9.10. The Kier molecular flexibility index (Phi) is 5.24. The van der Waals surface area contributed by atoms with E-state index in [1.807, 2.05) is 11.3 Å². The molecule has 18 heavy (non-hydrogen) atoms. The van der Waals surface area contributed by atoms with Crippen LogP contribution in [0.5, 0.6) is 0 Å². The Morgan fingerprint density at radius 2 is 2.33 bits per heavy atom. The third-order valence-corrected chi connectivity index (χ3v) is 6.11. The molecule has 4 heteroatoms. The van der Waals surface area contributed by atoms with Crippen molar-refractivity contribution in [2.45, 2.75) is 32.7 Å². The minimum atomic E-state index is 0.603. The number of halogens is 1. The van der Waals surface area contributed by atoms with Crippen LogP contribution in [0.2, 0.25) is 0 Å². The molecular weight excluding hydrogens is 308 g/mol. The molecule has 0 aromatic carbocycles. The van der Waals surface area contributed by atoms with Crippen molar-refractivity contribution in [1.82, 2.24) is 10.2 Å². The lowest BCUT2D eigenvalue weighted by Crippen LogP contribution is -2.41. The molecule has 0 bridgehead atoms. The fraction of sp³-hybridized carbons (Fsp3) is 0.714. The quantitative estimate of drug-likeness (QED) is 0.902. The molecule has 2 rings (SSSR count). The van der Waals surface area contributed by atoms with Gasteiger partial charge in [0.1, 0.15) is 0 Å². The number of piperidine rings is 1. The fourth-order valence-electron chi connectivity index (χ4n) is 3.02. The van der Waals surface area contributed by atoms with Crippen molar-refractivity contribution in [2.24, 2.45) is 5.92 Å². The van der Waals surface area contributed by atoms with E-state index in [-0.39, 0.29) is 0 Å². The van der Waals surface area contributed by atoms with Crippen molar-refractivity contribution in [1.29, 1.82) is 0 Å². The van der Waals surface area contributed by atoms with Crippen molar-refractivity contribution in [3.8, 4) is 0 Å². The fourth-order valence-corrected chi connectivity index (χ4v) is 4.81. The zero-order valence-electron chi connectivity index (χ0n) is 11.5. The monoisotopic (exact) mass is 330 g/mol. The summed E-state index contributed by atoms with van der Waals surface area (Å²) in [6.07, 6.45) is 2.68. The van der Waals surface area contributed by atoms with Crippen LogP contribution in [0.3, 0.4) is 0 Å². The molecule has 2 unspecified atom stereocenters. The van der Waals surface area contributed by atoms with Crippen LogP contribution in [0.4, 0.5) is 0 Å². The van der Waals surface area contributed by atoms with E-state index in [0.717, 1.165) is 19.0 Å². The Labute approximate surface area is 123 Å². The number of nitrogens with zero attached hydrogens (tertiary/aromatic N) is 1. The number of rotatable bonds is 4. The summed E-state index contributed by atoms with van der Waals surface area (Å²) in [4.78, 5) is 5.57. The van der Waals surface area contributed by atoms with Crippen LogP contribution in [0.25, 0.3) is 0 Å². The molecule has 1 fully saturated rings. The van der Waals surface area contributed by atoms with E-state index in [1.54, 1.807) is 0 Å². The first-order chi connectivity index (χ1) is 8.67. The van der Waals surface area contributed by atoms with Gasteiger partial charge in [0.25, 0.3) is 0 Å². The maximum absolute atomic E-state index is 3.66. The van der Waals surface area contributed by atoms with Crippen molar-refractivity contribution in [3.05, 3.63) is 20.3 Å². The summed E-state index contributed by atoms with van der Waals surface area (Å²) in [5.74, 6) is 0.744. The van der Waals surface area contributed by atoms with Gasteiger partial charge in [0.2, 0.25) is 0 Å². The van der Waals surface area contributed by atoms with Crippen LogP contribution in [0.15, 0.2) is 10.5 Å². The maximum Gasteiger partial charge on any atom is 0.0482 e. The summed E-state index contributed by atoms with van der Waals surface area (Å²) in [5, 5.41) is 3.37. The molecule has 2 atom stereocenters. The van der Waals surface area contributed by atoms with E-state index in [4.69, 9.17) is 0 Å². The topological polar surface area (TPSA) is 15.3 Å². The summed E-state index contributed by atoms with van der Waals surface area (Å²) in [6, 6.07) is 2.94. The van der Waals surface area contributed by atoms with Crippen molar-refractivity contribution in [2.75, 3.05) is 26.7 Å². The average molecular weight is 331 g/mol. The van der Waals surface area contributed by atoms with Gasteiger partial charge in [0.05, 0.1) is 0 Å². The van der Waals surface area contributed by atoms with E-state index in [1.165, 1.54) is 33.6 Å². The number of hydrogen-bond acceptors (Lipinski definition) is 3. The molecule has 1 aliphatic rings. The number of nitrogens with one attached hydrogen (secondary N) is 1. The van der Waals surface area contributed by atoms with Crippen LogP contribution in [-0.4, -0.2) is 31.6 Å². The molecule has 1 N–H and O–H groups in total. The molecule has 1 aromatic heterocycles. The maximum atomic E-state index is 3.66. The second-order valence-electron chi connectivity index (χ2n) is 5.09. The molecule has 0 spiro atoms. The number of hydrogen-bond donors (Lipinski definition) is 1. The van der Waals surface area contributed by atoms with E-state index in [2.05, 4.69) is 53.1 Å². The largest absolute Gasteiger partial charge is 0.319 e. The second-order valence-corrected chi connectivity index (χ2v) is 7.23. The van der Waals surface area contributed by atoms with Crippen LogP contribution in [0, 0.1) is 12.8 Å². The zero-order chi connectivity index (χ0) is 13.1.